The van der Waals surface area contributed by atoms with Gasteiger partial charge in [-0.15, -0.1) is 0 Å². The summed E-state index contributed by atoms with van der Waals surface area (Å²) in [6.45, 7) is 5.76. The predicted molar refractivity (Wildman–Crippen MR) is 62.8 cm³/mol. The van der Waals surface area contributed by atoms with Crippen molar-refractivity contribution in [2.45, 2.75) is 70.6 Å². The van der Waals surface area contributed by atoms with E-state index in [1.165, 1.54) is 38.6 Å². The van der Waals surface area contributed by atoms with Crippen LogP contribution in [0.25, 0.3) is 0 Å². The summed E-state index contributed by atoms with van der Waals surface area (Å²) in [6.07, 6.45) is 7.48. The summed E-state index contributed by atoms with van der Waals surface area (Å²) in [4.78, 5) is 2.56. The highest BCUT2D eigenvalue weighted by Gasteiger charge is 2.34. The van der Waals surface area contributed by atoms with Crippen molar-refractivity contribution >= 4 is 0 Å². The Balaban J connectivity index is 1.94. The van der Waals surface area contributed by atoms with Crippen molar-refractivity contribution in [3.63, 3.8) is 0 Å². The van der Waals surface area contributed by atoms with Crippen molar-refractivity contribution in [1.29, 1.82) is 0 Å². The van der Waals surface area contributed by atoms with Gasteiger partial charge in [-0.2, -0.15) is 0 Å². The van der Waals surface area contributed by atoms with Gasteiger partial charge in [-0.05, 0) is 45.4 Å². The van der Waals surface area contributed by atoms with Gasteiger partial charge in [-0.25, -0.2) is 0 Å². The summed E-state index contributed by atoms with van der Waals surface area (Å²) < 4.78 is 0. The molecule has 2 aliphatic carbocycles. The summed E-state index contributed by atoms with van der Waals surface area (Å²) >= 11 is 0. The Labute approximate surface area is 93.7 Å². The maximum absolute atomic E-state index is 10.1. The van der Waals surface area contributed by atoms with Gasteiger partial charge in [0.05, 0.1) is 6.10 Å². The molecule has 0 heterocycles. The molecule has 1 N–H and O–H groups in total. The van der Waals surface area contributed by atoms with Crippen LogP contribution in [-0.2, 0) is 0 Å². The molecule has 0 saturated heterocycles. The number of nitrogens with zero attached hydrogens (tertiary/aromatic N) is 1. The third-order valence-electron chi connectivity index (χ3n) is 3.95. The Kier molecular flexibility index (Phi) is 3.68. The molecule has 2 atom stereocenters. The van der Waals surface area contributed by atoms with Gasteiger partial charge in [0.2, 0.25) is 0 Å². The van der Waals surface area contributed by atoms with Crippen LogP contribution in [0.15, 0.2) is 0 Å². The van der Waals surface area contributed by atoms with Crippen LogP contribution in [0.3, 0.4) is 0 Å². The van der Waals surface area contributed by atoms with E-state index in [0.29, 0.717) is 12.1 Å². The van der Waals surface area contributed by atoms with E-state index in [-0.39, 0.29) is 6.10 Å². The summed E-state index contributed by atoms with van der Waals surface area (Å²) in [5.74, 6) is 0.932. The zero-order chi connectivity index (χ0) is 10.8. The first-order chi connectivity index (χ1) is 7.18. The minimum atomic E-state index is -0.0695. The monoisotopic (exact) mass is 211 g/mol. The summed E-state index contributed by atoms with van der Waals surface area (Å²) in [5.41, 5.74) is 0. The van der Waals surface area contributed by atoms with Crippen molar-refractivity contribution in [2.75, 3.05) is 6.54 Å². The lowest BCUT2D eigenvalue weighted by molar-refractivity contribution is 0.00259. The van der Waals surface area contributed by atoms with Gasteiger partial charge in [0, 0.05) is 18.6 Å². The molecular weight excluding hydrogens is 186 g/mol. The van der Waals surface area contributed by atoms with Crippen LogP contribution in [-0.4, -0.2) is 34.7 Å². The fourth-order valence-electron chi connectivity index (χ4n) is 2.81. The molecule has 0 aliphatic heterocycles. The molecule has 2 heteroatoms. The van der Waals surface area contributed by atoms with E-state index in [1.54, 1.807) is 0 Å². The number of aliphatic hydroxyl groups excluding tert-OH is 1. The van der Waals surface area contributed by atoms with E-state index < -0.39 is 0 Å². The van der Waals surface area contributed by atoms with Crippen molar-refractivity contribution in [2.24, 2.45) is 5.92 Å². The van der Waals surface area contributed by atoms with E-state index in [0.717, 1.165) is 12.3 Å². The predicted octanol–water partition coefficient (Wildman–Crippen LogP) is 2.41. The second kappa shape index (κ2) is 4.84. The number of hydrogen-bond acceptors (Lipinski definition) is 2. The third kappa shape index (κ3) is 2.94. The molecule has 2 rings (SSSR count). The average Bonchev–Trinajstić information content (AvgIpc) is 2.99. The molecule has 0 bridgehead atoms. The minimum Gasteiger partial charge on any atom is -0.391 e. The molecule has 0 radical (unpaired) electrons. The molecule has 2 aliphatic rings. The van der Waals surface area contributed by atoms with E-state index in [1.807, 2.05) is 0 Å². The van der Waals surface area contributed by atoms with Crippen LogP contribution in [0.2, 0.25) is 0 Å². The molecule has 2 nitrogen and oxygen atoms in total. The summed E-state index contributed by atoms with van der Waals surface area (Å²) in [7, 11) is 0. The maximum Gasteiger partial charge on any atom is 0.0695 e. The van der Waals surface area contributed by atoms with E-state index in [9.17, 15) is 5.11 Å². The third-order valence-corrected chi connectivity index (χ3v) is 3.95. The van der Waals surface area contributed by atoms with Crippen LogP contribution in [0.5, 0.6) is 0 Å². The van der Waals surface area contributed by atoms with Gasteiger partial charge < -0.3 is 5.11 Å². The Morgan fingerprint density at radius 3 is 2.33 bits per heavy atom. The molecule has 15 heavy (non-hydrogen) atoms. The van der Waals surface area contributed by atoms with Gasteiger partial charge in [0.25, 0.3) is 0 Å². The van der Waals surface area contributed by atoms with Crippen LogP contribution < -0.4 is 0 Å². The first-order valence-electron chi connectivity index (χ1n) is 6.62. The van der Waals surface area contributed by atoms with Gasteiger partial charge in [0.1, 0.15) is 0 Å². The molecule has 88 valence electrons. The maximum atomic E-state index is 10.1. The largest absolute Gasteiger partial charge is 0.391 e. The summed E-state index contributed by atoms with van der Waals surface area (Å²) in [5, 5.41) is 10.1. The van der Waals surface area contributed by atoms with Crippen molar-refractivity contribution in [1.82, 2.24) is 4.90 Å². The van der Waals surface area contributed by atoms with E-state index in [2.05, 4.69) is 18.7 Å². The second-order valence-corrected chi connectivity index (χ2v) is 5.65. The highest BCUT2D eigenvalue weighted by atomic mass is 16.3. The molecule has 2 unspecified atom stereocenters. The van der Waals surface area contributed by atoms with Gasteiger partial charge in [0.15, 0.2) is 0 Å². The Bertz CT molecular complexity index is 201. The van der Waals surface area contributed by atoms with Crippen LogP contribution in [0.4, 0.5) is 0 Å². The second-order valence-electron chi connectivity index (χ2n) is 5.65. The van der Waals surface area contributed by atoms with Crippen LogP contribution >= 0.6 is 0 Å². The van der Waals surface area contributed by atoms with Crippen molar-refractivity contribution in [3.8, 4) is 0 Å². The van der Waals surface area contributed by atoms with Gasteiger partial charge in [-0.3, -0.25) is 4.90 Å². The first kappa shape index (κ1) is 11.4. The first-order valence-corrected chi connectivity index (χ1v) is 6.62. The minimum absolute atomic E-state index is 0.0695. The fourth-order valence-corrected chi connectivity index (χ4v) is 2.81. The van der Waals surface area contributed by atoms with Crippen LogP contribution in [0.1, 0.15) is 52.4 Å². The Morgan fingerprint density at radius 2 is 1.80 bits per heavy atom. The number of rotatable bonds is 4. The lowest BCUT2D eigenvalue weighted by Crippen LogP contribution is -2.49. The molecule has 2 saturated carbocycles. The Morgan fingerprint density at radius 1 is 1.13 bits per heavy atom. The number of aliphatic hydroxyl groups is 1. The zero-order valence-corrected chi connectivity index (χ0v) is 10.2. The topological polar surface area (TPSA) is 23.5 Å². The normalized spacial score (nSPS) is 32.6. The molecular formula is C13H25NO. The standard InChI is InChI=1S/C13H25NO/c1-10(2)14(9-11-7-8-11)12-5-3-4-6-13(12)15/h10-13,15H,3-9H2,1-2H3. The van der Waals surface area contributed by atoms with E-state index in [4.69, 9.17) is 0 Å². The lowest BCUT2D eigenvalue weighted by atomic mass is 9.90. The van der Waals surface area contributed by atoms with Crippen molar-refractivity contribution in [3.05, 3.63) is 0 Å². The Hall–Kier alpha value is -0.0800. The van der Waals surface area contributed by atoms with Gasteiger partial charge >= 0.3 is 0 Å². The van der Waals surface area contributed by atoms with Gasteiger partial charge in [-0.1, -0.05) is 12.8 Å². The quantitative estimate of drug-likeness (QED) is 0.772. The zero-order valence-electron chi connectivity index (χ0n) is 10.2. The van der Waals surface area contributed by atoms with E-state index >= 15 is 0 Å². The molecule has 0 amide bonds. The molecule has 0 aromatic carbocycles. The number of hydrogen-bond donors (Lipinski definition) is 1. The molecule has 2 fully saturated rings. The fraction of sp³-hybridized carbons (Fsp3) is 1.00. The van der Waals surface area contributed by atoms with Crippen LogP contribution in [0, 0.1) is 5.92 Å². The molecule has 0 spiro atoms. The smallest absolute Gasteiger partial charge is 0.0695 e. The highest BCUT2D eigenvalue weighted by Crippen LogP contribution is 2.33. The summed E-state index contributed by atoms with van der Waals surface area (Å²) in [6, 6.07) is 1.03. The molecule has 0 aromatic heterocycles. The lowest BCUT2D eigenvalue weighted by Gasteiger charge is -2.40. The average molecular weight is 211 g/mol. The molecule has 0 aromatic rings. The van der Waals surface area contributed by atoms with Crippen molar-refractivity contribution < 1.29 is 5.11 Å². The highest BCUT2D eigenvalue weighted by molar-refractivity contribution is 4.88. The SMILES string of the molecule is CC(C)N(CC1CC1)C1CCCCC1O.